The highest BCUT2D eigenvalue weighted by molar-refractivity contribution is 7.23. The highest BCUT2D eigenvalue weighted by Crippen LogP contribution is 2.51. The predicted molar refractivity (Wildman–Crippen MR) is 343 cm³/mol. The number of anilines is 4. The van der Waals surface area contributed by atoms with Gasteiger partial charge in [0, 0.05) is 50.0 Å². The summed E-state index contributed by atoms with van der Waals surface area (Å²) in [7, 11) is -2.94. The third kappa shape index (κ3) is 8.30. The van der Waals surface area contributed by atoms with Gasteiger partial charge >= 0.3 is 0 Å². The van der Waals surface area contributed by atoms with Crippen LogP contribution in [0.25, 0.3) is 61.0 Å². The van der Waals surface area contributed by atoms with Crippen LogP contribution in [0.4, 0.5) is 22.7 Å². The Morgan fingerprint density at radius 2 is 1.10 bits per heavy atom. The zero-order valence-corrected chi connectivity index (χ0v) is 47.6. The molecule has 0 saturated carbocycles. The minimum absolute atomic E-state index is 0.108. The first kappa shape index (κ1) is 46.7. The molecule has 0 N–H and O–H groups in total. The summed E-state index contributed by atoms with van der Waals surface area (Å²) >= 11 is 0. The number of ether oxygens (including phenoxy) is 1. The van der Waals surface area contributed by atoms with Crippen LogP contribution in [0.1, 0.15) is 62.3 Å². The molecule has 0 bridgehead atoms. The maximum Gasteiger partial charge on any atom is 0.181 e. The van der Waals surface area contributed by atoms with E-state index < -0.39 is 14.9 Å². The number of rotatable bonds is 9. The van der Waals surface area contributed by atoms with Crippen molar-refractivity contribution in [3.05, 3.63) is 266 Å². The molecular formula is C75H64N4OSi. The summed E-state index contributed by atoms with van der Waals surface area (Å²) < 4.78 is 35.7. The second kappa shape index (κ2) is 19.3. The molecule has 12 aromatic rings. The molecule has 0 fully saturated rings. The van der Waals surface area contributed by atoms with Crippen molar-refractivity contribution in [2.45, 2.75) is 59.2 Å². The van der Waals surface area contributed by atoms with Crippen molar-refractivity contribution in [1.29, 1.82) is 0 Å². The topological polar surface area (TPSA) is 33.5 Å². The number of hydrogen-bond donors (Lipinski definition) is 0. The number of aryl methyl sites for hydroxylation is 1. The highest BCUT2D eigenvalue weighted by Gasteiger charge is 2.50. The van der Waals surface area contributed by atoms with E-state index in [0.717, 1.165) is 67.2 Å². The molecule has 4 heterocycles. The standard InChI is InChI=1S/C75H64N4OSi/c1-50-43-63(51-23-11-8-12-24-51)72(64(44-50)52-25-21-26-53(45-52)74(2,3)4)78-49-77(65-34-18-19-35-66(65)78)55-27-22-28-56(47-55)80-57-37-38-62-68(48-57)79(70-46-54(41-42-76-70)75(5,6)7)67-40-39-61-60-33-17-20-36-69(60)81(73(61)71(62)67,58-29-13-9-14-30-58)59-31-15-10-16-32-59/h8-48H,49H2,1-7H3/i1D3. The molecule has 0 aliphatic carbocycles. The summed E-state index contributed by atoms with van der Waals surface area (Å²) in [5, 5.41) is 7.87. The van der Waals surface area contributed by atoms with E-state index in [9.17, 15) is 0 Å². The smallest absolute Gasteiger partial charge is 0.181 e. The van der Waals surface area contributed by atoms with E-state index in [4.69, 9.17) is 13.8 Å². The Balaban J connectivity index is 0.916. The van der Waals surface area contributed by atoms with Crippen molar-refractivity contribution in [2.24, 2.45) is 0 Å². The molecule has 0 spiro atoms. The summed E-state index contributed by atoms with van der Waals surface area (Å²) in [6, 6.07) is 86.6. The van der Waals surface area contributed by atoms with Crippen molar-refractivity contribution in [1.82, 2.24) is 9.55 Å². The first-order valence-electron chi connectivity index (χ1n) is 29.6. The van der Waals surface area contributed by atoms with E-state index in [1.807, 2.05) is 42.6 Å². The third-order valence-corrected chi connectivity index (χ3v) is 21.7. The first-order valence-corrected chi connectivity index (χ1v) is 30.1. The molecule has 2 aliphatic rings. The van der Waals surface area contributed by atoms with Gasteiger partial charge in [-0.1, -0.05) is 205 Å². The molecule has 5 nitrogen and oxygen atoms in total. The van der Waals surface area contributed by atoms with Crippen LogP contribution in [0, 0.1) is 6.85 Å². The monoisotopic (exact) mass is 1070 g/mol. The van der Waals surface area contributed by atoms with Gasteiger partial charge in [0.15, 0.2) is 8.07 Å². The summed E-state index contributed by atoms with van der Waals surface area (Å²) in [4.78, 5) is 9.85. The Morgan fingerprint density at radius 3 is 1.81 bits per heavy atom. The zero-order valence-electron chi connectivity index (χ0n) is 49.6. The number of aromatic nitrogens is 2. The molecule has 0 radical (unpaired) electrons. The normalized spacial score (nSPS) is 14.3. The molecule has 14 rings (SSSR count). The fraction of sp³-hybridized carbons (Fsp3) is 0.133. The molecule has 6 heteroatoms. The lowest BCUT2D eigenvalue weighted by Crippen LogP contribution is -2.72. The van der Waals surface area contributed by atoms with Crippen molar-refractivity contribution in [3.8, 4) is 50.7 Å². The maximum absolute atomic E-state index is 8.74. The molecule has 2 aromatic heterocycles. The number of nitrogens with zero attached hydrogens (tertiary/aromatic N) is 4. The lowest BCUT2D eigenvalue weighted by atomic mass is 9.84. The van der Waals surface area contributed by atoms with Gasteiger partial charge in [-0.25, -0.2) is 4.98 Å². The summed E-state index contributed by atoms with van der Waals surface area (Å²) in [6.07, 6.45) is 1.95. The van der Waals surface area contributed by atoms with E-state index in [0.29, 0.717) is 23.7 Å². The summed E-state index contributed by atoms with van der Waals surface area (Å²) in [5.41, 5.74) is 14.7. The number of fused-ring (bicyclic) bond motifs is 8. The average Bonchev–Trinajstić information content (AvgIpc) is 1.60. The molecule has 0 amide bonds. The molecule has 394 valence electrons. The van der Waals surface area contributed by atoms with Crippen molar-refractivity contribution in [2.75, 3.05) is 16.5 Å². The van der Waals surface area contributed by atoms with Crippen LogP contribution >= 0.6 is 0 Å². The van der Waals surface area contributed by atoms with Gasteiger partial charge in [-0.3, -0.25) is 4.57 Å². The number of para-hydroxylation sites is 2. The van der Waals surface area contributed by atoms with E-state index in [1.165, 1.54) is 48.4 Å². The fourth-order valence-corrected chi connectivity index (χ4v) is 18.4. The Hall–Kier alpha value is -9.23. The zero-order chi connectivity index (χ0) is 57.7. The van der Waals surface area contributed by atoms with Gasteiger partial charge in [0.1, 0.15) is 24.0 Å². The molecule has 2 aliphatic heterocycles. The summed E-state index contributed by atoms with van der Waals surface area (Å²) in [5.74, 6) is 2.26. The van der Waals surface area contributed by atoms with Crippen molar-refractivity contribution in [3.63, 3.8) is 0 Å². The Bertz CT molecular complexity index is 4480. The molecule has 10 aromatic carbocycles. The molecule has 81 heavy (non-hydrogen) atoms. The summed E-state index contributed by atoms with van der Waals surface area (Å²) in [6.45, 7) is 11.5. The van der Waals surface area contributed by atoms with Gasteiger partial charge in [-0.2, -0.15) is 0 Å². The fourth-order valence-electron chi connectivity index (χ4n) is 13.0. The van der Waals surface area contributed by atoms with E-state index in [1.54, 1.807) is 0 Å². The highest BCUT2D eigenvalue weighted by atomic mass is 28.3. The minimum Gasteiger partial charge on any atom is -0.457 e. The van der Waals surface area contributed by atoms with Crippen LogP contribution in [0.3, 0.4) is 0 Å². The molecule has 0 atom stereocenters. The molecule has 0 saturated heterocycles. The largest absolute Gasteiger partial charge is 0.457 e. The first-order chi connectivity index (χ1) is 40.6. The van der Waals surface area contributed by atoms with E-state index in [2.05, 4.69) is 262 Å². The van der Waals surface area contributed by atoms with Gasteiger partial charge in [-0.05, 0) is 144 Å². The number of hydrogen-bond acceptors (Lipinski definition) is 4. The SMILES string of the molecule is [2H]C([2H])([2H])c1cc(-c2ccccc2)c(N2CN(c3cccc(Oc4ccc5c6c7c(ccc6n(-c6cc(C(C)(C)C)ccn6)c5c4)-c4ccccc4[Si]7(c4ccccc4)c4ccccc4)c3)c3ccccc32)c(-c2cccc(C(C)(C)C)c2)c1. The van der Waals surface area contributed by atoms with Crippen LogP contribution in [0.15, 0.2) is 249 Å². The lowest BCUT2D eigenvalue weighted by Gasteiger charge is -2.32. The van der Waals surface area contributed by atoms with Gasteiger partial charge < -0.3 is 14.5 Å². The van der Waals surface area contributed by atoms with Crippen LogP contribution < -0.4 is 35.3 Å². The van der Waals surface area contributed by atoms with Crippen molar-refractivity contribution >= 4 is 73.4 Å². The minimum atomic E-state index is -2.94. The van der Waals surface area contributed by atoms with Gasteiger partial charge in [-0.15, -0.1) is 0 Å². The van der Waals surface area contributed by atoms with E-state index in [-0.39, 0.29) is 10.8 Å². The molecular weight excluding hydrogens is 1000 g/mol. The van der Waals surface area contributed by atoms with Crippen LogP contribution in [-0.4, -0.2) is 24.3 Å². The maximum atomic E-state index is 8.74. The van der Waals surface area contributed by atoms with Crippen LogP contribution in [0.5, 0.6) is 11.5 Å². The Kier molecular flexibility index (Phi) is 11.1. The van der Waals surface area contributed by atoms with Crippen LogP contribution in [-0.2, 0) is 10.8 Å². The third-order valence-electron chi connectivity index (χ3n) is 16.8. The van der Waals surface area contributed by atoms with Gasteiger partial charge in [0.25, 0.3) is 0 Å². The second-order valence-electron chi connectivity index (χ2n) is 23.8. The molecule has 0 unspecified atom stereocenters. The number of benzene rings is 10. The van der Waals surface area contributed by atoms with Crippen molar-refractivity contribution < 1.29 is 8.85 Å². The van der Waals surface area contributed by atoms with Gasteiger partial charge in [0.2, 0.25) is 0 Å². The second-order valence-corrected chi connectivity index (χ2v) is 27.5. The van der Waals surface area contributed by atoms with Crippen LogP contribution in [0.2, 0.25) is 0 Å². The predicted octanol–water partition coefficient (Wildman–Crippen LogP) is 16.8. The number of pyridine rings is 1. The van der Waals surface area contributed by atoms with Gasteiger partial charge in [0.05, 0.1) is 28.1 Å². The Morgan fingerprint density at radius 1 is 0.481 bits per heavy atom. The average molecular weight is 1070 g/mol. The quantitative estimate of drug-likeness (QED) is 0.135. The lowest BCUT2D eigenvalue weighted by molar-refractivity contribution is 0.483. The Labute approximate surface area is 481 Å². The van der Waals surface area contributed by atoms with E-state index >= 15 is 0 Å².